The van der Waals surface area contributed by atoms with Crippen molar-refractivity contribution in [2.24, 2.45) is 0 Å². The van der Waals surface area contributed by atoms with Crippen molar-refractivity contribution in [1.82, 2.24) is 4.31 Å². The average Bonchev–Trinajstić information content (AvgIpc) is 2.61. The summed E-state index contributed by atoms with van der Waals surface area (Å²) in [5.74, 6) is 0. The van der Waals surface area contributed by atoms with Crippen LogP contribution in [0.5, 0.6) is 0 Å². The molecule has 140 valence electrons. The number of aryl methyl sites for hydroxylation is 1. The van der Waals surface area contributed by atoms with Crippen LogP contribution >= 0.6 is 0 Å². The third kappa shape index (κ3) is 3.86. The summed E-state index contributed by atoms with van der Waals surface area (Å²) in [6.45, 7) is 3.42. The summed E-state index contributed by atoms with van der Waals surface area (Å²) in [6, 6.07) is 11.8. The van der Waals surface area contributed by atoms with Crippen molar-refractivity contribution in [3.05, 3.63) is 59.7 Å². The number of sulfonamides is 1. The van der Waals surface area contributed by atoms with Gasteiger partial charge in [0, 0.05) is 31.9 Å². The number of piperazine rings is 1. The number of alkyl halides is 3. The maximum absolute atomic E-state index is 12.9. The summed E-state index contributed by atoms with van der Waals surface area (Å²) in [5, 5.41) is 0. The van der Waals surface area contributed by atoms with Crippen LogP contribution in [0.25, 0.3) is 0 Å². The molecule has 1 fully saturated rings. The number of halogens is 3. The third-order valence-electron chi connectivity index (χ3n) is 4.40. The maximum atomic E-state index is 12.9. The minimum absolute atomic E-state index is 0.229. The molecule has 1 heterocycles. The van der Waals surface area contributed by atoms with Crippen molar-refractivity contribution in [3.63, 3.8) is 0 Å². The van der Waals surface area contributed by atoms with Gasteiger partial charge in [-0.25, -0.2) is 8.42 Å². The van der Waals surface area contributed by atoms with Gasteiger partial charge in [-0.2, -0.15) is 17.5 Å². The van der Waals surface area contributed by atoms with Gasteiger partial charge in [0.05, 0.1) is 10.5 Å². The second kappa shape index (κ2) is 6.92. The molecule has 0 radical (unpaired) electrons. The fourth-order valence-electron chi connectivity index (χ4n) is 2.99. The van der Waals surface area contributed by atoms with Gasteiger partial charge >= 0.3 is 6.18 Å². The van der Waals surface area contributed by atoms with Crippen LogP contribution in [-0.4, -0.2) is 38.9 Å². The van der Waals surface area contributed by atoms with E-state index in [9.17, 15) is 21.6 Å². The number of anilines is 1. The lowest BCUT2D eigenvalue weighted by Gasteiger charge is -2.35. The Kier molecular flexibility index (Phi) is 4.98. The lowest BCUT2D eigenvalue weighted by atomic mass is 10.2. The molecule has 1 saturated heterocycles. The highest BCUT2D eigenvalue weighted by molar-refractivity contribution is 7.89. The third-order valence-corrected chi connectivity index (χ3v) is 6.30. The monoisotopic (exact) mass is 384 g/mol. The highest BCUT2D eigenvalue weighted by Gasteiger charge is 2.34. The smallest absolute Gasteiger partial charge is 0.369 e. The maximum Gasteiger partial charge on any atom is 0.416 e. The molecule has 2 aromatic carbocycles. The predicted octanol–water partition coefficient (Wildman–Crippen LogP) is 3.52. The predicted molar refractivity (Wildman–Crippen MR) is 93.6 cm³/mol. The highest BCUT2D eigenvalue weighted by atomic mass is 32.2. The van der Waals surface area contributed by atoms with Gasteiger partial charge in [-0.05, 0) is 42.8 Å². The van der Waals surface area contributed by atoms with Gasteiger partial charge in [-0.1, -0.05) is 18.2 Å². The first-order valence-corrected chi connectivity index (χ1v) is 9.61. The van der Waals surface area contributed by atoms with Crippen molar-refractivity contribution < 1.29 is 21.6 Å². The first kappa shape index (κ1) is 18.7. The molecule has 0 saturated carbocycles. The molecule has 0 amide bonds. The van der Waals surface area contributed by atoms with Gasteiger partial charge in [-0.15, -0.1) is 0 Å². The fourth-order valence-corrected chi connectivity index (χ4v) is 4.46. The quantitative estimate of drug-likeness (QED) is 0.813. The van der Waals surface area contributed by atoms with E-state index < -0.39 is 21.8 Å². The number of hydrogen-bond acceptors (Lipinski definition) is 3. The number of nitrogens with zero attached hydrogens (tertiary/aromatic N) is 2. The zero-order valence-corrected chi connectivity index (χ0v) is 15.0. The van der Waals surface area contributed by atoms with Crippen LogP contribution in [0.2, 0.25) is 0 Å². The molecule has 0 aromatic heterocycles. The highest BCUT2D eigenvalue weighted by Crippen LogP contribution is 2.31. The SMILES string of the molecule is Cc1cccc(N2CCN(S(=O)(=O)c3cccc(C(F)(F)F)c3)CC2)c1. The Morgan fingerprint density at radius 2 is 1.58 bits per heavy atom. The summed E-state index contributed by atoms with van der Waals surface area (Å²) in [5.41, 5.74) is 1.17. The molecule has 8 heteroatoms. The molecule has 0 spiro atoms. The van der Waals surface area contributed by atoms with Crippen LogP contribution in [0.15, 0.2) is 53.4 Å². The van der Waals surface area contributed by atoms with E-state index in [4.69, 9.17) is 0 Å². The van der Waals surface area contributed by atoms with Crippen LogP contribution < -0.4 is 4.90 Å². The van der Waals surface area contributed by atoms with Crippen LogP contribution in [0.3, 0.4) is 0 Å². The van der Waals surface area contributed by atoms with E-state index in [2.05, 4.69) is 4.90 Å². The van der Waals surface area contributed by atoms with Gasteiger partial charge in [0.15, 0.2) is 0 Å². The molecule has 1 aliphatic heterocycles. The molecule has 0 N–H and O–H groups in total. The van der Waals surface area contributed by atoms with Crippen molar-refractivity contribution in [2.45, 2.75) is 18.0 Å². The van der Waals surface area contributed by atoms with Gasteiger partial charge in [0.1, 0.15) is 0 Å². The lowest BCUT2D eigenvalue weighted by Crippen LogP contribution is -2.48. The number of benzene rings is 2. The zero-order valence-electron chi connectivity index (χ0n) is 14.2. The second-order valence-corrected chi connectivity index (χ2v) is 8.19. The van der Waals surface area contributed by atoms with E-state index in [1.807, 2.05) is 31.2 Å². The van der Waals surface area contributed by atoms with E-state index in [0.29, 0.717) is 19.2 Å². The standard InChI is InChI=1S/C18H19F3N2O2S/c1-14-4-2-6-16(12-14)22-8-10-23(11-9-22)26(24,25)17-7-3-5-15(13-17)18(19,20)21/h2-7,12-13H,8-11H2,1H3. The summed E-state index contributed by atoms with van der Waals surface area (Å²) in [4.78, 5) is 1.75. The van der Waals surface area contributed by atoms with Crippen LogP contribution in [0, 0.1) is 6.92 Å². The topological polar surface area (TPSA) is 40.6 Å². The van der Waals surface area contributed by atoms with Gasteiger partial charge < -0.3 is 4.90 Å². The molecular formula is C18H19F3N2O2S. The Labute approximate surface area is 150 Å². The molecule has 4 nitrogen and oxygen atoms in total. The Morgan fingerprint density at radius 1 is 0.923 bits per heavy atom. The van der Waals surface area contributed by atoms with Crippen molar-refractivity contribution in [2.75, 3.05) is 31.1 Å². The number of hydrogen-bond donors (Lipinski definition) is 0. The number of rotatable bonds is 3. The molecule has 3 rings (SSSR count). The molecule has 2 aromatic rings. The first-order chi connectivity index (χ1) is 12.2. The zero-order chi connectivity index (χ0) is 18.9. The Hall–Kier alpha value is -2.06. The molecule has 1 aliphatic rings. The normalized spacial score (nSPS) is 16.7. The summed E-state index contributed by atoms with van der Waals surface area (Å²) in [7, 11) is -3.95. The van der Waals surface area contributed by atoms with E-state index in [1.54, 1.807) is 0 Å². The minimum Gasteiger partial charge on any atom is -0.369 e. The average molecular weight is 384 g/mol. The van der Waals surface area contributed by atoms with Crippen molar-refractivity contribution in [1.29, 1.82) is 0 Å². The summed E-state index contributed by atoms with van der Waals surface area (Å²) in [6.07, 6.45) is -4.57. The summed E-state index contributed by atoms with van der Waals surface area (Å²) < 4.78 is 65.2. The second-order valence-electron chi connectivity index (χ2n) is 6.26. The van der Waals surface area contributed by atoms with Gasteiger partial charge in [-0.3, -0.25) is 0 Å². The van der Waals surface area contributed by atoms with Crippen LogP contribution in [-0.2, 0) is 16.2 Å². The fraction of sp³-hybridized carbons (Fsp3) is 0.333. The van der Waals surface area contributed by atoms with Crippen LogP contribution in [0.1, 0.15) is 11.1 Å². The van der Waals surface area contributed by atoms with E-state index in [0.717, 1.165) is 23.4 Å². The molecular weight excluding hydrogens is 365 g/mol. The lowest BCUT2D eigenvalue weighted by molar-refractivity contribution is -0.137. The van der Waals surface area contributed by atoms with E-state index >= 15 is 0 Å². The summed E-state index contributed by atoms with van der Waals surface area (Å²) >= 11 is 0. The van der Waals surface area contributed by atoms with Crippen molar-refractivity contribution in [3.8, 4) is 0 Å². The molecule has 0 atom stereocenters. The largest absolute Gasteiger partial charge is 0.416 e. The Balaban J connectivity index is 1.76. The van der Waals surface area contributed by atoms with E-state index in [-0.39, 0.29) is 18.0 Å². The molecule has 0 bridgehead atoms. The van der Waals surface area contributed by atoms with Gasteiger partial charge in [0.2, 0.25) is 10.0 Å². The van der Waals surface area contributed by atoms with Gasteiger partial charge in [0.25, 0.3) is 0 Å². The Bertz CT molecular complexity index is 889. The minimum atomic E-state index is -4.57. The molecule has 0 aliphatic carbocycles. The first-order valence-electron chi connectivity index (χ1n) is 8.17. The molecule has 0 unspecified atom stereocenters. The van der Waals surface area contributed by atoms with Crippen LogP contribution in [0.4, 0.5) is 18.9 Å². The molecule has 26 heavy (non-hydrogen) atoms. The Morgan fingerprint density at radius 3 is 2.19 bits per heavy atom. The van der Waals surface area contributed by atoms with E-state index in [1.165, 1.54) is 10.4 Å². The van der Waals surface area contributed by atoms with Crippen molar-refractivity contribution >= 4 is 15.7 Å².